The molecule has 0 spiro atoms. The quantitative estimate of drug-likeness (QED) is 0.649. The molecule has 0 bridgehead atoms. The third-order valence-corrected chi connectivity index (χ3v) is 4.96. The van der Waals surface area contributed by atoms with Crippen LogP contribution in [0, 0.1) is 5.92 Å². The second-order valence-electron chi connectivity index (χ2n) is 6.66. The maximum atomic E-state index is 12.3. The van der Waals surface area contributed by atoms with E-state index in [4.69, 9.17) is 26.5 Å². The van der Waals surface area contributed by atoms with E-state index in [9.17, 15) is 9.59 Å². The Morgan fingerprint density at radius 3 is 2.57 bits per heavy atom. The lowest BCUT2D eigenvalue weighted by Gasteiger charge is -2.21. The number of thiocarbonyl (C=S) groups is 1. The molecule has 0 aliphatic heterocycles. The molecule has 0 unspecified atom stereocenters. The normalized spacial score (nSPS) is 14.3. The fourth-order valence-electron chi connectivity index (χ4n) is 3.31. The number of hydrogen-bond donors (Lipinski definition) is 3. The highest BCUT2D eigenvalue weighted by Crippen LogP contribution is 2.33. The lowest BCUT2D eigenvalue weighted by molar-refractivity contribution is -0.124. The van der Waals surface area contributed by atoms with Gasteiger partial charge in [-0.2, -0.15) is 0 Å². The zero-order valence-corrected chi connectivity index (χ0v) is 16.3. The molecule has 1 aromatic carbocycles. The van der Waals surface area contributed by atoms with Crippen molar-refractivity contribution in [1.29, 1.82) is 0 Å². The zero-order chi connectivity index (χ0) is 20.1. The van der Waals surface area contributed by atoms with Gasteiger partial charge in [-0.25, -0.2) is 4.79 Å². The summed E-state index contributed by atoms with van der Waals surface area (Å²) in [4.78, 5) is 23.3. The molecule has 3 rings (SSSR count). The number of carboxylic acid groups (broad SMARTS) is 1. The first-order valence-corrected chi connectivity index (χ1v) is 9.52. The molecular weight excluding hydrogens is 380 g/mol. The molecule has 2 aromatic rings. The van der Waals surface area contributed by atoms with Gasteiger partial charge in [0.2, 0.25) is 11.7 Å². The predicted molar refractivity (Wildman–Crippen MR) is 109 cm³/mol. The van der Waals surface area contributed by atoms with Gasteiger partial charge >= 0.3 is 5.97 Å². The van der Waals surface area contributed by atoms with E-state index in [2.05, 4.69) is 10.6 Å². The first kappa shape index (κ1) is 19.9. The lowest BCUT2D eigenvalue weighted by Crippen LogP contribution is -2.38. The average Bonchev–Trinajstić information content (AvgIpc) is 3.18. The van der Waals surface area contributed by atoms with Crippen LogP contribution in [-0.2, 0) is 4.79 Å². The number of rotatable bonds is 5. The van der Waals surface area contributed by atoms with Gasteiger partial charge in [0.1, 0.15) is 11.5 Å². The Labute approximate surface area is 168 Å². The Kier molecular flexibility index (Phi) is 6.30. The summed E-state index contributed by atoms with van der Waals surface area (Å²) in [6, 6.07) is 8.15. The lowest BCUT2D eigenvalue weighted by atomic mass is 9.89. The summed E-state index contributed by atoms with van der Waals surface area (Å²) >= 11 is 5.25. The van der Waals surface area contributed by atoms with Crippen molar-refractivity contribution < 1.29 is 23.8 Å². The van der Waals surface area contributed by atoms with Gasteiger partial charge in [-0.05, 0) is 49.3 Å². The predicted octanol–water partition coefficient (Wildman–Crippen LogP) is 4.05. The van der Waals surface area contributed by atoms with Crippen molar-refractivity contribution in [2.45, 2.75) is 32.1 Å². The number of benzene rings is 1. The molecule has 0 radical (unpaired) electrons. The van der Waals surface area contributed by atoms with Crippen molar-refractivity contribution in [3.63, 3.8) is 0 Å². The standard InChI is InChI=1S/C20H22N2O5S/c1-26-17-11-13(7-8-14(17)15-9-10-16(27-15)19(24)25)21-20(28)22-18(23)12-5-3-2-4-6-12/h7-12H,2-6H2,1H3,(H,24,25)(H2,21,22,23,28). The molecule has 1 aliphatic rings. The van der Waals surface area contributed by atoms with Crippen LogP contribution in [0.5, 0.6) is 5.75 Å². The zero-order valence-electron chi connectivity index (χ0n) is 15.5. The summed E-state index contributed by atoms with van der Waals surface area (Å²) in [5.41, 5.74) is 1.25. The first-order chi connectivity index (χ1) is 13.5. The molecule has 7 nitrogen and oxygen atoms in total. The van der Waals surface area contributed by atoms with Gasteiger partial charge in [-0.3, -0.25) is 4.79 Å². The smallest absolute Gasteiger partial charge is 0.371 e. The van der Waals surface area contributed by atoms with Crippen LogP contribution in [0.4, 0.5) is 5.69 Å². The van der Waals surface area contributed by atoms with Crippen LogP contribution in [0.25, 0.3) is 11.3 Å². The van der Waals surface area contributed by atoms with Crippen LogP contribution in [-0.4, -0.2) is 29.2 Å². The van der Waals surface area contributed by atoms with Gasteiger partial charge in [-0.1, -0.05) is 19.3 Å². The monoisotopic (exact) mass is 402 g/mol. The average molecular weight is 402 g/mol. The summed E-state index contributed by atoms with van der Waals surface area (Å²) in [5, 5.41) is 15.0. The molecule has 8 heteroatoms. The number of hydrogen-bond acceptors (Lipinski definition) is 5. The van der Waals surface area contributed by atoms with Crippen LogP contribution in [0.2, 0.25) is 0 Å². The molecule has 148 valence electrons. The van der Waals surface area contributed by atoms with Gasteiger partial charge in [0.15, 0.2) is 5.11 Å². The second kappa shape index (κ2) is 8.88. The van der Waals surface area contributed by atoms with E-state index in [0.717, 1.165) is 25.7 Å². The fourth-order valence-corrected chi connectivity index (χ4v) is 3.53. The summed E-state index contributed by atoms with van der Waals surface area (Å²) in [5.74, 6) is -0.439. The van der Waals surface area contributed by atoms with Gasteiger partial charge in [0, 0.05) is 17.7 Å². The number of amides is 1. The number of carbonyl (C=O) groups excluding carboxylic acids is 1. The molecule has 1 fully saturated rings. The molecule has 0 atom stereocenters. The molecule has 1 aliphatic carbocycles. The largest absolute Gasteiger partial charge is 0.496 e. The van der Waals surface area contributed by atoms with Gasteiger partial charge < -0.3 is 24.9 Å². The summed E-state index contributed by atoms with van der Waals surface area (Å²) < 4.78 is 10.7. The fraction of sp³-hybridized carbons (Fsp3) is 0.350. The van der Waals surface area contributed by atoms with Crippen molar-refractivity contribution in [3.05, 3.63) is 36.1 Å². The van der Waals surface area contributed by atoms with Gasteiger partial charge in [0.25, 0.3) is 0 Å². The molecule has 28 heavy (non-hydrogen) atoms. The van der Waals surface area contributed by atoms with Crippen LogP contribution in [0.1, 0.15) is 42.7 Å². The van der Waals surface area contributed by atoms with Crippen molar-refractivity contribution in [2.75, 3.05) is 12.4 Å². The van der Waals surface area contributed by atoms with E-state index in [-0.39, 0.29) is 22.7 Å². The van der Waals surface area contributed by atoms with E-state index < -0.39 is 5.97 Å². The van der Waals surface area contributed by atoms with E-state index in [1.54, 1.807) is 24.3 Å². The summed E-state index contributed by atoms with van der Waals surface area (Å²) in [6.07, 6.45) is 5.14. The van der Waals surface area contributed by atoms with Crippen LogP contribution >= 0.6 is 12.2 Å². The number of nitrogens with one attached hydrogen (secondary N) is 2. The Hall–Kier alpha value is -2.87. The Morgan fingerprint density at radius 1 is 1.18 bits per heavy atom. The third kappa shape index (κ3) is 4.69. The van der Waals surface area contributed by atoms with E-state index in [0.29, 0.717) is 22.8 Å². The highest BCUT2D eigenvalue weighted by atomic mass is 32.1. The van der Waals surface area contributed by atoms with Crippen molar-refractivity contribution in [2.24, 2.45) is 5.92 Å². The number of furan rings is 1. The molecular formula is C20H22N2O5S. The minimum atomic E-state index is -1.14. The maximum absolute atomic E-state index is 12.3. The number of anilines is 1. The minimum Gasteiger partial charge on any atom is -0.496 e. The van der Waals surface area contributed by atoms with Crippen molar-refractivity contribution >= 4 is 34.9 Å². The molecule has 1 aromatic heterocycles. The van der Waals surface area contributed by atoms with Gasteiger partial charge in [-0.15, -0.1) is 0 Å². The van der Waals surface area contributed by atoms with E-state index >= 15 is 0 Å². The first-order valence-electron chi connectivity index (χ1n) is 9.11. The molecule has 1 amide bonds. The number of methoxy groups -OCH3 is 1. The van der Waals surface area contributed by atoms with Crippen molar-refractivity contribution in [3.8, 4) is 17.1 Å². The molecule has 0 saturated heterocycles. The van der Waals surface area contributed by atoms with E-state index in [1.807, 2.05) is 0 Å². The third-order valence-electron chi connectivity index (χ3n) is 4.75. The van der Waals surface area contributed by atoms with Gasteiger partial charge in [0.05, 0.1) is 12.7 Å². The number of aromatic carboxylic acids is 1. The Morgan fingerprint density at radius 2 is 1.93 bits per heavy atom. The Balaban J connectivity index is 1.68. The second-order valence-corrected chi connectivity index (χ2v) is 7.07. The molecule has 1 saturated carbocycles. The number of carbonyl (C=O) groups is 2. The summed E-state index contributed by atoms with van der Waals surface area (Å²) in [7, 11) is 1.51. The minimum absolute atomic E-state index is 0.0211. The number of ether oxygens (including phenoxy) is 1. The Bertz CT molecular complexity index is 886. The molecule has 3 N–H and O–H groups in total. The SMILES string of the molecule is COc1cc(NC(=S)NC(=O)C2CCCCC2)ccc1-c1ccc(C(=O)O)o1. The number of carboxylic acids is 1. The highest BCUT2D eigenvalue weighted by molar-refractivity contribution is 7.80. The molecule has 1 heterocycles. The maximum Gasteiger partial charge on any atom is 0.371 e. The van der Waals surface area contributed by atoms with E-state index in [1.165, 1.54) is 19.6 Å². The topological polar surface area (TPSA) is 101 Å². The summed E-state index contributed by atoms with van der Waals surface area (Å²) in [6.45, 7) is 0. The van der Waals surface area contributed by atoms with Crippen LogP contribution < -0.4 is 15.4 Å². The van der Waals surface area contributed by atoms with Crippen molar-refractivity contribution in [1.82, 2.24) is 5.32 Å². The highest BCUT2D eigenvalue weighted by Gasteiger charge is 2.22. The van der Waals surface area contributed by atoms with Crippen LogP contribution in [0.3, 0.4) is 0 Å². The van der Waals surface area contributed by atoms with Crippen LogP contribution in [0.15, 0.2) is 34.7 Å².